The van der Waals surface area contributed by atoms with Gasteiger partial charge in [0.25, 0.3) is 0 Å². The van der Waals surface area contributed by atoms with Gasteiger partial charge < -0.3 is 5.32 Å². The maximum absolute atomic E-state index is 11.4. The zero-order valence-corrected chi connectivity index (χ0v) is 12.0. The highest BCUT2D eigenvalue weighted by Gasteiger charge is 2.28. The molecule has 1 saturated heterocycles. The lowest BCUT2D eigenvalue weighted by atomic mass is 9.99. The van der Waals surface area contributed by atoms with Crippen molar-refractivity contribution in [1.82, 2.24) is 5.32 Å². The van der Waals surface area contributed by atoms with Gasteiger partial charge in [-0.2, -0.15) is 0 Å². The van der Waals surface area contributed by atoms with Gasteiger partial charge in [-0.25, -0.2) is 8.42 Å². The van der Waals surface area contributed by atoms with Crippen molar-refractivity contribution in [3.63, 3.8) is 0 Å². The van der Waals surface area contributed by atoms with Crippen LogP contribution in [0.3, 0.4) is 0 Å². The summed E-state index contributed by atoms with van der Waals surface area (Å²) < 4.78 is 22.9. The van der Waals surface area contributed by atoms with Crippen molar-refractivity contribution in [2.75, 3.05) is 11.5 Å². The standard InChI is InChI=1S/C14H21NO2S/c1-10-4-5-11(2)14(8-10)12(3)15-13-6-7-18(16,17)9-13/h4-5,8,12-13,15H,6-7,9H2,1-3H3. The fourth-order valence-corrected chi connectivity index (χ4v) is 4.28. The Labute approximate surface area is 110 Å². The Balaban J connectivity index is 2.08. The molecule has 0 amide bonds. The summed E-state index contributed by atoms with van der Waals surface area (Å²) in [5, 5.41) is 3.44. The Morgan fingerprint density at radius 1 is 1.33 bits per heavy atom. The van der Waals surface area contributed by atoms with Crippen molar-refractivity contribution >= 4 is 9.84 Å². The molecule has 0 spiro atoms. The Kier molecular flexibility index (Phi) is 3.78. The van der Waals surface area contributed by atoms with Crippen molar-refractivity contribution in [2.24, 2.45) is 0 Å². The number of rotatable bonds is 3. The van der Waals surface area contributed by atoms with Crippen LogP contribution in [-0.2, 0) is 9.84 Å². The SMILES string of the molecule is Cc1ccc(C)c(C(C)NC2CCS(=O)(=O)C2)c1. The normalized spacial score (nSPS) is 24.1. The fourth-order valence-electron chi connectivity index (χ4n) is 2.60. The molecule has 1 fully saturated rings. The van der Waals surface area contributed by atoms with Crippen molar-refractivity contribution in [3.05, 3.63) is 34.9 Å². The molecule has 1 aromatic carbocycles. The van der Waals surface area contributed by atoms with Crippen molar-refractivity contribution < 1.29 is 8.42 Å². The van der Waals surface area contributed by atoms with E-state index in [0.29, 0.717) is 5.75 Å². The number of sulfone groups is 1. The van der Waals surface area contributed by atoms with E-state index in [-0.39, 0.29) is 17.8 Å². The summed E-state index contributed by atoms with van der Waals surface area (Å²) in [4.78, 5) is 0. The third kappa shape index (κ3) is 3.12. The van der Waals surface area contributed by atoms with Gasteiger partial charge in [-0.15, -0.1) is 0 Å². The average Bonchev–Trinajstić information content (AvgIpc) is 2.61. The summed E-state index contributed by atoms with van der Waals surface area (Å²) in [7, 11) is -2.80. The van der Waals surface area contributed by atoms with Crippen molar-refractivity contribution in [2.45, 2.75) is 39.3 Å². The minimum Gasteiger partial charge on any atom is -0.306 e. The van der Waals surface area contributed by atoms with E-state index in [4.69, 9.17) is 0 Å². The molecule has 1 N–H and O–H groups in total. The number of nitrogens with one attached hydrogen (secondary N) is 1. The molecule has 3 nitrogen and oxygen atoms in total. The summed E-state index contributed by atoms with van der Waals surface area (Å²) in [6, 6.07) is 6.70. The fraction of sp³-hybridized carbons (Fsp3) is 0.571. The van der Waals surface area contributed by atoms with Gasteiger partial charge >= 0.3 is 0 Å². The molecule has 2 atom stereocenters. The summed E-state index contributed by atoms with van der Waals surface area (Å²) in [6.45, 7) is 6.28. The lowest BCUT2D eigenvalue weighted by molar-refractivity contribution is 0.483. The van der Waals surface area contributed by atoms with Gasteiger partial charge in [-0.1, -0.05) is 23.8 Å². The molecule has 1 aliphatic heterocycles. The average molecular weight is 267 g/mol. The van der Waals surface area contributed by atoms with Crippen LogP contribution in [0.25, 0.3) is 0 Å². The predicted octanol–water partition coefficient (Wildman–Crippen LogP) is 2.14. The molecule has 4 heteroatoms. The first-order chi connectivity index (χ1) is 8.37. The molecular formula is C14H21NO2S. The second-order valence-corrected chi connectivity index (χ2v) is 7.58. The Morgan fingerprint density at radius 2 is 2.06 bits per heavy atom. The van der Waals surface area contributed by atoms with Crippen LogP contribution in [-0.4, -0.2) is 26.0 Å². The quantitative estimate of drug-likeness (QED) is 0.912. The molecule has 2 rings (SSSR count). The first kappa shape index (κ1) is 13.6. The third-order valence-corrected chi connectivity index (χ3v) is 5.39. The van der Waals surface area contributed by atoms with Crippen molar-refractivity contribution in [1.29, 1.82) is 0 Å². The van der Waals surface area contributed by atoms with Gasteiger partial charge in [0.1, 0.15) is 0 Å². The van der Waals surface area contributed by atoms with Gasteiger partial charge in [0.15, 0.2) is 9.84 Å². The zero-order valence-electron chi connectivity index (χ0n) is 11.2. The van der Waals surface area contributed by atoms with E-state index in [1.165, 1.54) is 16.7 Å². The second kappa shape index (κ2) is 5.02. The predicted molar refractivity (Wildman–Crippen MR) is 74.5 cm³/mol. The smallest absolute Gasteiger partial charge is 0.151 e. The molecule has 18 heavy (non-hydrogen) atoms. The maximum Gasteiger partial charge on any atom is 0.151 e. The topological polar surface area (TPSA) is 46.2 Å². The Hall–Kier alpha value is -0.870. The van der Waals surface area contributed by atoms with Crippen LogP contribution in [0, 0.1) is 13.8 Å². The van der Waals surface area contributed by atoms with E-state index < -0.39 is 9.84 Å². The van der Waals surface area contributed by atoms with E-state index in [1.54, 1.807) is 0 Å². The van der Waals surface area contributed by atoms with Crippen LogP contribution in [0.2, 0.25) is 0 Å². The molecule has 1 aromatic rings. The molecule has 100 valence electrons. The molecule has 0 radical (unpaired) electrons. The van der Waals surface area contributed by atoms with Crippen LogP contribution in [0.15, 0.2) is 18.2 Å². The summed E-state index contributed by atoms with van der Waals surface area (Å²) >= 11 is 0. The van der Waals surface area contributed by atoms with Crippen LogP contribution in [0.1, 0.15) is 36.1 Å². The minimum atomic E-state index is -2.80. The molecule has 0 aromatic heterocycles. The lowest BCUT2D eigenvalue weighted by Gasteiger charge is -2.21. The number of hydrogen-bond acceptors (Lipinski definition) is 3. The summed E-state index contributed by atoms with van der Waals surface area (Å²) in [6.07, 6.45) is 0.734. The highest BCUT2D eigenvalue weighted by Crippen LogP contribution is 2.21. The molecule has 2 unspecified atom stereocenters. The minimum absolute atomic E-state index is 0.102. The van der Waals surface area contributed by atoms with Gasteiger partial charge in [0.05, 0.1) is 11.5 Å². The van der Waals surface area contributed by atoms with Crippen LogP contribution in [0.5, 0.6) is 0 Å². The number of aryl methyl sites for hydroxylation is 2. The van der Waals surface area contributed by atoms with E-state index in [1.807, 2.05) is 0 Å². The van der Waals surface area contributed by atoms with Gasteiger partial charge in [0, 0.05) is 12.1 Å². The van der Waals surface area contributed by atoms with Crippen LogP contribution >= 0.6 is 0 Å². The number of benzene rings is 1. The molecule has 0 saturated carbocycles. The lowest BCUT2D eigenvalue weighted by Crippen LogP contribution is -2.32. The van der Waals surface area contributed by atoms with Crippen LogP contribution in [0.4, 0.5) is 0 Å². The van der Waals surface area contributed by atoms with E-state index >= 15 is 0 Å². The molecule has 1 heterocycles. The summed E-state index contributed by atoms with van der Waals surface area (Å²) in [5.41, 5.74) is 3.75. The van der Waals surface area contributed by atoms with Gasteiger partial charge in [-0.05, 0) is 38.3 Å². The van der Waals surface area contributed by atoms with Gasteiger partial charge in [-0.3, -0.25) is 0 Å². The monoisotopic (exact) mass is 267 g/mol. The number of hydrogen-bond donors (Lipinski definition) is 1. The van der Waals surface area contributed by atoms with E-state index in [9.17, 15) is 8.42 Å². The molecular weight excluding hydrogens is 246 g/mol. The zero-order chi connectivity index (χ0) is 13.3. The first-order valence-corrected chi connectivity index (χ1v) is 8.23. The molecule has 0 bridgehead atoms. The van der Waals surface area contributed by atoms with Gasteiger partial charge in [0.2, 0.25) is 0 Å². The largest absolute Gasteiger partial charge is 0.306 e. The highest BCUT2D eigenvalue weighted by molar-refractivity contribution is 7.91. The van der Waals surface area contributed by atoms with E-state index in [2.05, 4.69) is 44.3 Å². The highest BCUT2D eigenvalue weighted by atomic mass is 32.2. The maximum atomic E-state index is 11.4. The molecule has 1 aliphatic rings. The van der Waals surface area contributed by atoms with Crippen molar-refractivity contribution in [3.8, 4) is 0 Å². The first-order valence-electron chi connectivity index (χ1n) is 6.41. The molecule has 0 aliphatic carbocycles. The second-order valence-electron chi connectivity index (χ2n) is 5.35. The third-order valence-electron chi connectivity index (χ3n) is 3.62. The van der Waals surface area contributed by atoms with E-state index in [0.717, 1.165) is 6.42 Å². The van der Waals surface area contributed by atoms with Crippen LogP contribution < -0.4 is 5.32 Å². The Bertz CT molecular complexity index is 537. The summed E-state index contributed by atoms with van der Waals surface area (Å²) in [5.74, 6) is 0.604. The Morgan fingerprint density at radius 3 is 2.67 bits per heavy atom.